The van der Waals surface area contributed by atoms with Crippen molar-refractivity contribution in [1.29, 1.82) is 0 Å². The Labute approximate surface area is 176 Å². The molecule has 1 saturated heterocycles. The molecule has 0 amide bonds. The second kappa shape index (κ2) is 9.49. The first-order valence-corrected chi connectivity index (χ1v) is 9.24. The Balaban J connectivity index is 0.00000140. The molecular formula is C21H25Cl2F3N2. The van der Waals surface area contributed by atoms with Crippen molar-refractivity contribution in [3.63, 3.8) is 0 Å². The molecule has 1 aliphatic carbocycles. The smallest absolute Gasteiger partial charge is 0.314 e. The third-order valence-electron chi connectivity index (χ3n) is 5.50. The van der Waals surface area contributed by atoms with Crippen molar-refractivity contribution in [2.45, 2.75) is 31.5 Å². The zero-order chi connectivity index (χ0) is 18.1. The van der Waals surface area contributed by atoms with E-state index in [0.717, 1.165) is 38.2 Å². The van der Waals surface area contributed by atoms with Crippen molar-refractivity contribution in [2.24, 2.45) is 0 Å². The molecule has 2 aromatic rings. The number of nitrogens with zero attached hydrogens (tertiary/aromatic N) is 1. The predicted molar refractivity (Wildman–Crippen MR) is 112 cm³/mol. The first kappa shape index (κ1) is 23.0. The van der Waals surface area contributed by atoms with E-state index in [1.54, 1.807) is 0 Å². The lowest BCUT2D eigenvalue weighted by molar-refractivity contribution is -0.138. The number of fused-ring (bicyclic) bond motifs is 3. The number of alkyl halides is 3. The average molecular weight is 433 g/mol. The largest absolute Gasteiger partial charge is 0.389 e. The van der Waals surface area contributed by atoms with Gasteiger partial charge in [0.15, 0.2) is 0 Å². The van der Waals surface area contributed by atoms with Crippen molar-refractivity contribution in [3.05, 3.63) is 59.2 Å². The van der Waals surface area contributed by atoms with Crippen molar-refractivity contribution in [2.75, 3.05) is 26.2 Å². The maximum absolute atomic E-state index is 12.9. The van der Waals surface area contributed by atoms with Crippen LogP contribution in [0.4, 0.5) is 13.2 Å². The van der Waals surface area contributed by atoms with Gasteiger partial charge in [-0.2, -0.15) is 13.2 Å². The number of hydrogen-bond donors (Lipinski definition) is 1. The Morgan fingerprint density at radius 2 is 1.61 bits per heavy atom. The fraction of sp³-hybridized carbons (Fsp3) is 0.429. The van der Waals surface area contributed by atoms with E-state index in [2.05, 4.69) is 34.5 Å². The molecule has 0 unspecified atom stereocenters. The minimum absolute atomic E-state index is 0. The molecule has 0 aromatic heterocycles. The molecule has 2 nitrogen and oxygen atoms in total. The van der Waals surface area contributed by atoms with E-state index in [-0.39, 0.29) is 37.3 Å². The van der Waals surface area contributed by atoms with Crippen LogP contribution in [0.25, 0.3) is 11.1 Å². The lowest BCUT2D eigenvalue weighted by Gasteiger charge is -2.35. The van der Waals surface area contributed by atoms with E-state index < -0.39 is 12.6 Å². The first-order valence-electron chi connectivity index (χ1n) is 9.24. The van der Waals surface area contributed by atoms with E-state index in [1.807, 2.05) is 18.2 Å². The monoisotopic (exact) mass is 432 g/mol. The molecule has 1 fully saturated rings. The highest BCUT2D eigenvalue weighted by Crippen LogP contribution is 2.39. The van der Waals surface area contributed by atoms with Gasteiger partial charge in [0.25, 0.3) is 0 Å². The van der Waals surface area contributed by atoms with Gasteiger partial charge in [-0.1, -0.05) is 42.5 Å². The van der Waals surface area contributed by atoms with E-state index in [9.17, 15) is 13.2 Å². The molecule has 7 heteroatoms. The summed E-state index contributed by atoms with van der Waals surface area (Å²) in [5.41, 5.74) is 6.02. The number of rotatable bonds is 4. The van der Waals surface area contributed by atoms with E-state index in [1.165, 1.54) is 22.3 Å². The van der Waals surface area contributed by atoms with E-state index >= 15 is 0 Å². The summed E-state index contributed by atoms with van der Waals surface area (Å²) in [5, 5.41) is 3.28. The standard InChI is InChI=1S/C21H23F3N2.2ClH/c22-21(23,24)8-7-20(26-11-9-25-10-12-26)16-5-6-19-17(14-16)13-15-3-1-2-4-18(15)19;;/h1-6,14,20,25H,7-13H2;2*1H/t20-;;/m0../s1. The number of piperazine rings is 1. The Morgan fingerprint density at radius 3 is 2.32 bits per heavy atom. The molecule has 2 aliphatic rings. The maximum atomic E-state index is 12.9. The molecule has 0 radical (unpaired) electrons. The van der Waals surface area contributed by atoms with Crippen molar-refractivity contribution in [1.82, 2.24) is 10.2 Å². The molecule has 1 aliphatic heterocycles. The van der Waals surface area contributed by atoms with Gasteiger partial charge in [-0.25, -0.2) is 0 Å². The quantitative estimate of drug-likeness (QED) is 0.594. The molecule has 1 N–H and O–H groups in total. The Bertz CT molecular complexity index is 789. The highest BCUT2D eigenvalue weighted by Gasteiger charge is 2.32. The number of nitrogens with one attached hydrogen (secondary N) is 1. The van der Waals surface area contributed by atoms with Crippen molar-refractivity contribution in [3.8, 4) is 11.1 Å². The number of benzene rings is 2. The van der Waals surface area contributed by atoms with E-state index in [0.29, 0.717) is 0 Å². The van der Waals surface area contributed by atoms with Crippen LogP contribution in [0.5, 0.6) is 0 Å². The molecule has 154 valence electrons. The van der Waals surface area contributed by atoms with Crippen LogP contribution in [0.1, 0.15) is 35.6 Å². The summed E-state index contributed by atoms with van der Waals surface area (Å²) in [5.74, 6) is 0. The van der Waals surface area contributed by atoms with Gasteiger partial charge < -0.3 is 5.32 Å². The SMILES string of the molecule is Cl.Cl.FC(F)(F)CC[C@@H](c1ccc2c(c1)Cc1ccccc1-2)N1CCNCC1. The number of hydrogen-bond acceptors (Lipinski definition) is 2. The minimum atomic E-state index is -4.11. The highest BCUT2D eigenvalue weighted by molar-refractivity contribution is 5.85. The van der Waals surface area contributed by atoms with Gasteiger partial charge in [-0.05, 0) is 40.7 Å². The summed E-state index contributed by atoms with van der Waals surface area (Å²) in [4.78, 5) is 2.20. The summed E-state index contributed by atoms with van der Waals surface area (Å²) in [6, 6.07) is 14.4. The van der Waals surface area contributed by atoms with Gasteiger partial charge in [-0.15, -0.1) is 24.8 Å². The van der Waals surface area contributed by atoms with Gasteiger partial charge in [0, 0.05) is 38.6 Å². The third kappa shape index (κ3) is 5.01. The second-order valence-corrected chi connectivity index (χ2v) is 7.21. The fourth-order valence-electron chi connectivity index (χ4n) is 4.23. The second-order valence-electron chi connectivity index (χ2n) is 7.21. The number of halogens is 5. The molecule has 2 aromatic carbocycles. The van der Waals surface area contributed by atoms with Crippen molar-refractivity contribution >= 4 is 24.8 Å². The zero-order valence-corrected chi connectivity index (χ0v) is 17.1. The van der Waals surface area contributed by atoms with Gasteiger partial charge in [0.1, 0.15) is 0 Å². The van der Waals surface area contributed by atoms with Crippen LogP contribution in [-0.4, -0.2) is 37.3 Å². The lowest BCUT2D eigenvalue weighted by Crippen LogP contribution is -2.45. The lowest BCUT2D eigenvalue weighted by atomic mass is 9.95. The van der Waals surface area contributed by atoms with Gasteiger partial charge in [0.2, 0.25) is 0 Å². The third-order valence-corrected chi connectivity index (χ3v) is 5.50. The first-order chi connectivity index (χ1) is 12.5. The summed E-state index contributed by atoms with van der Waals surface area (Å²) >= 11 is 0. The van der Waals surface area contributed by atoms with Crippen molar-refractivity contribution < 1.29 is 13.2 Å². The summed E-state index contributed by atoms with van der Waals surface area (Å²) in [6.07, 6.45) is -3.86. The van der Waals surface area contributed by atoms with Gasteiger partial charge >= 0.3 is 6.18 Å². The molecule has 28 heavy (non-hydrogen) atoms. The van der Waals surface area contributed by atoms with Crippen LogP contribution in [0, 0.1) is 0 Å². The Hall–Kier alpha value is -1.27. The Morgan fingerprint density at radius 1 is 0.929 bits per heavy atom. The molecule has 1 heterocycles. The molecule has 0 saturated carbocycles. The molecule has 0 bridgehead atoms. The summed E-state index contributed by atoms with van der Waals surface area (Å²) in [7, 11) is 0. The summed E-state index contributed by atoms with van der Waals surface area (Å²) < 4.78 is 38.6. The predicted octanol–water partition coefficient (Wildman–Crippen LogP) is 5.39. The normalized spacial score (nSPS) is 17.1. The van der Waals surface area contributed by atoms with Crippen LogP contribution >= 0.6 is 24.8 Å². The van der Waals surface area contributed by atoms with Crippen LogP contribution in [0.3, 0.4) is 0 Å². The topological polar surface area (TPSA) is 15.3 Å². The molecule has 4 rings (SSSR count). The van der Waals surface area contributed by atoms with E-state index in [4.69, 9.17) is 0 Å². The van der Waals surface area contributed by atoms with Crippen LogP contribution in [0.2, 0.25) is 0 Å². The molecule has 1 atom stereocenters. The minimum Gasteiger partial charge on any atom is -0.314 e. The van der Waals surface area contributed by atoms with Gasteiger partial charge in [-0.3, -0.25) is 4.90 Å². The van der Waals surface area contributed by atoms with Crippen LogP contribution in [-0.2, 0) is 6.42 Å². The van der Waals surface area contributed by atoms with Gasteiger partial charge in [0.05, 0.1) is 0 Å². The maximum Gasteiger partial charge on any atom is 0.389 e. The molecular weight excluding hydrogens is 408 g/mol. The Kier molecular flexibility index (Phi) is 7.80. The summed E-state index contributed by atoms with van der Waals surface area (Å²) in [6.45, 7) is 3.25. The van der Waals surface area contributed by atoms with Crippen LogP contribution in [0.15, 0.2) is 42.5 Å². The zero-order valence-electron chi connectivity index (χ0n) is 15.5. The highest BCUT2D eigenvalue weighted by atomic mass is 35.5. The van der Waals surface area contributed by atoms with Crippen LogP contribution < -0.4 is 5.32 Å². The average Bonchev–Trinajstić information content (AvgIpc) is 3.00. The molecule has 0 spiro atoms. The fourth-order valence-corrected chi connectivity index (χ4v) is 4.23.